The van der Waals surface area contributed by atoms with E-state index in [1.54, 1.807) is 7.11 Å². The highest BCUT2D eigenvalue weighted by Gasteiger charge is 1.97. The molecule has 0 amide bonds. The van der Waals surface area contributed by atoms with Gasteiger partial charge in [0.2, 0.25) is 0 Å². The van der Waals surface area contributed by atoms with E-state index in [1.165, 1.54) is 0 Å². The largest absolute Gasteiger partial charge is 0.497 e. The molecule has 0 unspecified atom stereocenters. The van der Waals surface area contributed by atoms with Crippen molar-refractivity contribution >= 4 is 15.9 Å². The Hall–Kier alpha value is -1.33. The van der Waals surface area contributed by atoms with E-state index in [1.807, 2.05) is 41.2 Å². The summed E-state index contributed by atoms with van der Waals surface area (Å²) in [6.07, 6.45) is 1.92. The third kappa shape index (κ3) is 3.85. The second-order valence-electron chi connectivity index (χ2n) is 3.80. The van der Waals surface area contributed by atoms with Crippen molar-refractivity contribution in [3.05, 3.63) is 46.7 Å². The molecule has 0 fully saturated rings. The molecule has 0 aliphatic heterocycles. The summed E-state index contributed by atoms with van der Waals surface area (Å²) in [5, 5.41) is 4.21. The molecule has 5 heteroatoms. The maximum absolute atomic E-state index is 5.59. The highest BCUT2D eigenvalue weighted by Crippen LogP contribution is 2.11. The first-order valence-electron chi connectivity index (χ1n) is 5.67. The average Bonchev–Trinajstić information content (AvgIpc) is 2.81. The molecule has 1 heterocycles. The van der Waals surface area contributed by atoms with Crippen molar-refractivity contribution in [2.24, 2.45) is 0 Å². The second-order valence-corrected chi connectivity index (χ2v) is 4.61. The van der Waals surface area contributed by atoms with Crippen LogP contribution in [0.2, 0.25) is 0 Å². The predicted octanol–water partition coefficient (Wildman–Crippen LogP) is 2.87. The van der Waals surface area contributed by atoms with E-state index in [4.69, 9.17) is 9.47 Å². The average molecular weight is 311 g/mol. The van der Waals surface area contributed by atoms with Crippen LogP contribution in [0.1, 0.15) is 5.56 Å². The number of hydrogen-bond donors (Lipinski definition) is 0. The lowest BCUT2D eigenvalue weighted by Gasteiger charge is -2.05. The number of aromatic nitrogens is 2. The third-order valence-corrected chi connectivity index (χ3v) is 2.92. The van der Waals surface area contributed by atoms with Crippen LogP contribution in [0.4, 0.5) is 0 Å². The molecule has 96 valence electrons. The van der Waals surface area contributed by atoms with Gasteiger partial charge in [-0.15, -0.1) is 0 Å². The predicted molar refractivity (Wildman–Crippen MR) is 72.6 cm³/mol. The van der Waals surface area contributed by atoms with Gasteiger partial charge in [0.1, 0.15) is 10.4 Å². The summed E-state index contributed by atoms with van der Waals surface area (Å²) in [6.45, 7) is 1.99. The van der Waals surface area contributed by atoms with E-state index in [9.17, 15) is 0 Å². The molecule has 2 aromatic rings. The summed E-state index contributed by atoms with van der Waals surface area (Å²) in [5.74, 6) is 0.861. The van der Waals surface area contributed by atoms with Crippen LogP contribution in [-0.2, 0) is 17.9 Å². The van der Waals surface area contributed by atoms with Gasteiger partial charge in [0, 0.05) is 6.20 Å². The first-order chi connectivity index (χ1) is 8.78. The molecule has 1 aromatic carbocycles. The van der Waals surface area contributed by atoms with Crippen molar-refractivity contribution < 1.29 is 9.47 Å². The van der Waals surface area contributed by atoms with Crippen molar-refractivity contribution in [2.75, 3.05) is 13.7 Å². The number of halogens is 1. The molecule has 0 atom stereocenters. The van der Waals surface area contributed by atoms with Gasteiger partial charge in [-0.25, -0.2) is 0 Å². The number of methoxy groups -OCH3 is 1. The summed E-state index contributed by atoms with van der Waals surface area (Å²) >= 11 is 3.31. The van der Waals surface area contributed by atoms with Crippen molar-refractivity contribution in [3.63, 3.8) is 0 Å². The van der Waals surface area contributed by atoms with Gasteiger partial charge >= 0.3 is 0 Å². The Labute approximate surface area is 115 Å². The van der Waals surface area contributed by atoms with Crippen LogP contribution in [-0.4, -0.2) is 23.5 Å². The van der Waals surface area contributed by atoms with Gasteiger partial charge in [-0.2, -0.15) is 5.10 Å². The highest BCUT2D eigenvalue weighted by molar-refractivity contribution is 9.10. The SMILES string of the molecule is COc1ccc(COCCn2ccc(Br)n2)cc1. The standard InChI is InChI=1S/C13H15BrN2O2/c1-17-12-4-2-11(3-5-12)10-18-9-8-16-7-6-13(14)15-16/h2-7H,8-10H2,1H3. The van der Waals surface area contributed by atoms with Crippen LogP contribution in [0.3, 0.4) is 0 Å². The minimum atomic E-state index is 0.604. The van der Waals surface area contributed by atoms with Crippen LogP contribution in [0.5, 0.6) is 5.75 Å². The molecule has 0 aliphatic carbocycles. The molecule has 1 aromatic heterocycles. The maximum atomic E-state index is 5.59. The molecule has 0 aliphatic rings. The minimum Gasteiger partial charge on any atom is -0.497 e. The number of ether oxygens (including phenoxy) is 2. The zero-order valence-electron chi connectivity index (χ0n) is 10.2. The summed E-state index contributed by atoms with van der Waals surface area (Å²) in [6, 6.07) is 9.78. The smallest absolute Gasteiger partial charge is 0.128 e. The van der Waals surface area contributed by atoms with Crippen molar-refractivity contribution in [1.29, 1.82) is 0 Å². The molecule has 18 heavy (non-hydrogen) atoms. The Balaban J connectivity index is 1.71. The van der Waals surface area contributed by atoms with Gasteiger partial charge < -0.3 is 9.47 Å². The quantitative estimate of drug-likeness (QED) is 0.770. The van der Waals surface area contributed by atoms with E-state index in [0.717, 1.165) is 22.5 Å². The van der Waals surface area contributed by atoms with Crippen LogP contribution in [0, 0.1) is 0 Å². The van der Waals surface area contributed by atoms with E-state index >= 15 is 0 Å². The Morgan fingerprint density at radius 1 is 1.22 bits per heavy atom. The molecule has 0 N–H and O–H groups in total. The van der Waals surface area contributed by atoms with Crippen molar-refractivity contribution in [1.82, 2.24) is 9.78 Å². The lowest BCUT2D eigenvalue weighted by atomic mass is 10.2. The van der Waals surface area contributed by atoms with E-state index < -0.39 is 0 Å². The molecular weight excluding hydrogens is 296 g/mol. The van der Waals surface area contributed by atoms with Crippen molar-refractivity contribution in [3.8, 4) is 5.75 Å². The van der Waals surface area contributed by atoms with Gasteiger partial charge in [0.15, 0.2) is 0 Å². The molecule has 0 saturated heterocycles. The summed E-state index contributed by atoms with van der Waals surface area (Å²) in [4.78, 5) is 0. The zero-order chi connectivity index (χ0) is 12.8. The molecule has 0 spiro atoms. The number of nitrogens with zero attached hydrogens (tertiary/aromatic N) is 2. The first kappa shape index (κ1) is 13.1. The van der Waals surface area contributed by atoms with Crippen LogP contribution in [0.15, 0.2) is 41.1 Å². The lowest BCUT2D eigenvalue weighted by Crippen LogP contribution is -2.06. The summed E-state index contributed by atoms with van der Waals surface area (Å²) in [5.41, 5.74) is 1.14. The lowest BCUT2D eigenvalue weighted by molar-refractivity contribution is 0.111. The summed E-state index contributed by atoms with van der Waals surface area (Å²) in [7, 11) is 1.66. The number of hydrogen-bond acceptors (Lipinski definition) is 3. The molecule has 2 rings (SSSR count). The molecule has 4 nitrogen and oxygen atoms in total. The van der Waals surface area contributed by atoms with E-state index in [2.05, 4.69) is 21.0 Å². The Bertz CT molecular complexity index is 482. The fourth-order valence-electron chi connectivity index (χ4n) is 1.53. The Morgan fingerprint density at radius 2 is 2.00 bits per heavy atom. The molecular formula is C13H15BrN2O2. The van der Waals surface area contributed by atoms with Crippen LogP contribution < -0.4 is 4.74 Å². The first-order valence-corrected chi connectivity index (χ1v) is 6.47. The minimum absolute atomic E-state index is 0.604. The second kappa shape index (κ2) is 6.56. The Kier molecular flexibility index (Phi) is 4.78. The molecule has 0 radical (unpaired) electrons. The van der Waals surface area contributed by atoms with Crippen molar-refractivity contribution in [2.45, 2.75) is 13.2 Å². The van der Waals surface area contributed by atoms with Gasteiger partial charge in [-0.1, -0.05) is 12.1 Å². The topological polar surface area (TPSA) is 36.3 Å². The van der Waals surface area contributed by atoms with E-state index in [0.29, 0.717) is 13.2 Å². The fourth-order valence-corrected chi connectivity index (χ4v) is 1.85. The van der Waals surface area contributed by atoms with Crippen LogP contribution >= 0.6 is 15.9 Å². The molecule has 0 saturated carbocycles. The monoisotopic (exact) mass is 310 g/mol. The number of rotatable bonds is 6. The third-order valence-electron chi connectivity index (χ3n) is 2.50. The van der Waals surface area contributed by atoms with Gasteiger partial charge in [0.05, 0.1) is 26.9 Å². The van der Waals surface area contributed by atoms with Gasteiger partial charge in [-0.05, 0) is 39.7 Å². The number of benzene rings is 1. The fraction of sp³-hybridized carbons (Fsp3) is 0.308. The highest BCUT2D eigenvalue weighted by atomic mass is 79.9. The summed E-state index contributed by atoms with van der Waals surface area (Å²) < 4.78 is 13.4. The zero-order valence-corrected chi connectivity index (χ0v) is 11.8. The van der Waals surface area contributed by atoms with E-state index in [-0.39, 0.29) is 0 Å². The normalized spacial score (nSPS) is 10.6. The Morgan fingerprint density at radius 3 is 2.61 bits per heavy atom. The van der Waals surface area contributed by atoms with Gasteiger partial charge in [-0.3, -0.25) is 4.68 Å². The molecule has 0 bridgehead atoms. The van der Waals surface area contributed by atoms with Crippen LogP contribution in [0.25, 0.3) is 0 Å². The van der Waals surface area contributed by atoms with Gasteiger partial charge in [0.25, 0.3) is 0 Å². The maximum Gasteiger partial charge on any atom is 0.128 e.